The first-order chi connectivity index (χ1) is 16.6. The molecular formula is C27H15F6NO. The fourth-order valence-electron chi connectivity index (χ4n) is 3.78. The smallest absolute Gasteiger partial charge is 0.416 e. The number of aromatic nitrogens is 1. The van der Waals surface area contributed by atoms with Gasteiger partial charge in [0.2, 0.25) is 5.89 Å². The van der Waals surface area contributed by atoms with Gasteiger partial charge in [-0.15, -0.1) is 0 Å². The van der Waals surface area contributed by atoms with Crippen molar-refractivity contribution in [2.75, 3.05) is 0 Å². The number of fused-ring (bicyclic) bond motifs is 1. The molecule has 0 bridgehead atoms. The fraction of sp³-hybridized carbons (Fsp3) is 0.0741. The molecule has 176 valence electrons. The van der Waals surface area contributed by atoms with E-state index in [1.807, 2.05) is 48.5 Å². The minimum Gasteiger partial charge on any atom is -0.436 e. The molecule has 2 nitrogen and oxygen atoms in total. The van der Waals surface area contributed by atoms with Crippen LogP contribution >= 0.6 is 0 Å². The van der Waals surface area contributed by atoms with Crippen LogP contribution in [-0.4, -0.2) is 4.98 Å². The third kappa shape index (κ3) is 4.64. The fourth-order valence-corrected chi connectivity index (χ4v) is 3.78. The lowest BCUT2D eigenvalue weighted by atomic mass is 9.96. The maximum atomic E-state index is 13.2. The predicted molar refractivity (Wildman–Crippen MR) is 120 cm³/mol. The molecule has 5 rings (SSSR count). The van der Waals surface area contributed by atoms with Gasteiger partial charge >= 0.3 is 12.4 Å². The number of rotatable bonds is 3. The molecule has 0 saturated heterocycles. The summed E-state index contributed by atoms with van der Waals surface area (Å²) in [7, 11) is 0. The van der Waals surface area contributed by atoms with E-state index in [0.717, 1.165) is 34.3 Å². The molecule has 0 radical (unpaired) electrons. The number of alkyl halides is 6. The maximum Gasteiger partial charge on any atom is 0.416 e. The summed E-state index contributed by atoms with van der Waals surface area (Å²) in [4.78, 5) is 4.45. The van der Waals surface area contributed by atoms with E-state index in [1.54, 1.807) is 12.1 Å². The van der Waals surface area contributed by atoms with Crippen LogP contribution in [0.5, 0.6) is 0 Å². The van der Waals surface area contributed by atoms with Gasteiger partial charge in [0.05, 0.1) is 11.1 Å². The molecule has 0 saturated carbocycles. The summed E-state index contributed by atoms with van der Waals surface area (Å²) in [6.07, 6.45) is -9.79. The molecule has 0 unspecified atom stereocenters. The molecule has 4 aromatic carbocycles. The first-order valence-electron chi connectivity index (χ1n) is 10.4. The van der Waals surface area contributed by atoms with Gasteiger partial charge in [0.15, 0.2) is 5.58 Å². The van der Waals surface area contributed by atoms with E-state index in [1.165, 1.54) is 12.1 Å². The lowest BCUT2D eigenvalue weighted by Gasteiger charge is -2.14. The van der Waals surface area contributed by atoms with E-state index in [4.69, 9.17) is 4.42 Å². The van der Waals surface area contributed by atoms with Crippen LogP contribution in [0.25, 0.3) is 44.8 Å². The van der Waals surface area contributed by atoms with Gasteiger partial charge < -0.3 is 4.42 Å². The normalized spacial score (nSPS) is 12.3. The molecule has 0 aliphatic carbocycles. The first-order valence-corrected chi connectivity index (χ1v) is 10.4. The lowest BCUT2D eigenvalue weighted by Crippen LogP contribution is -2.11. The monoisotopic (exact) mass is 483 g/mol. The highest BCUT2D eigenvalue weighted by Crippen LogP contribution is 2.39. The zero-order valence-corrected chi connectivity index (χ0v) is 17.8. The Morgan fingerprint density at radius 1 is 0.514 bits per heavy atom. The zero-order chi connectivity index (χ0) is 24.8. The molecule has 0 fully saturated rings. The van der Waals surface area contributed by atoms with Crippen molar-refractivity contribution in [2.24, 2.45) is 0 Å². The first kappa shape index (κ1) is 22.7. The topological polar surface area (TPSA) is 26.0 Å². The van der Waals surface area contributed by atoms with Gasteiger partial charge in [-0.3, -0.25) is 0 Å². The molecule has 1 aromatic heterocycles. The number of nitrogens with zero attached hydrogens (tertiary/aromatic N) is 1. The molecule has 0 N–H and O–H groups in total. The molecule has 0 aliphatic rings. The minimum absolute atomic E-state index is 0.121. The van der Waals surface area contributed by atoms with Gasteiger partial charge in [0, 0.05) is 5.56 Å². The number of oxazole rings is 1. The maximum absolute atomic E-state index is 13.2. The summed E-state index contributed by atoms with van der Waals surface area (Å²) in [6, 6.07) is 22.6. The van der Waals surface area contributed by atoms with E-state index >= 15 is 0 Å². The van der Waals surface area contributed by atoms with E-state index in [0.29, 0.717) is 11.5 Å². The molecule has 0 aliphatic heterocycles. The summed E-state index contributed by atoms with van der Waals surface area (Å²) in [5.74, 6) is 0.470. The standard InChI is InChI=1S/C27H15F6NO/c28-26(29,30)21-13-20(14-22(15-21)27(31,32)33)18-7-5-16(6-8-18)17-9-11-19(12-10-17)25-34-23-3-1-2-4-24(23)35-25/h1-15H. The number of benzene rings is 4. The van der Waals surface area contributed by atoms with Crippen molar-refractivity contribution < 1.29 is 30.8 Å². The molecule has 0 spiro atoms. The molecule has 8 heteroatoms. The second kappa shape index (κ2) is 8.30. The van der Waals surface area contributed by atoms with Crippen LogP contribution in [0.15, 0.2) is 95.4 Å². The Morgan fingerprint density at radius 3 is 1.46 bits per heavy atom. The summed E-state index contributed by atoms with van der Waals surface area (Å²) < 4.78 is 84.8. The average Bonchev–Trinajstić information content (AvgIpc) is 3.27. The number of hydrogen-bond acceptors (Lipinski definition) is 2. The SMILES string of the molecule is FC(F)(F)c1cc(-c2ccc(-c3ccc(-c4nc5ccccc5o4)cc3)cc2)cc(C(F)(F)F)c1. The third-order valence-electron chi connectivity index (χ3n) is 5.56. The Morgan fingerprint density at radius 2 is 0.971 bits per heavy atom. The molecule has 1 heterocycles. The van der Waals surface area contributed by atoms with E-state index < -0.39 is 23.5 Å². The van der Waals surface area contributed by atoms with Crippen molar-refractivity contribution in [3.63, 3.8) is 0 Å². The second-order valence-electron chi connectivity index (χ2n) is 7.94. The van der Waals surface area contributed by atoms with Gasteiger partial charge in [0.25, 0.3) is 0 Å². The van der Waals surface area contributed by atoms with Gasteiger partial charge in [-0.05, 0) is 64.7 Å². The third-order valence-corrected chi connectivity index (χ3v) is 5.56. The quantitative estimate of drug-likeness (QED) is 0.240. The Bertz CT molecular complexity index is 1430. The lowest BCUT2D eigenvalue weighted by molar-refractivity contribution is -0.143. The van der Waals surface area contributed by atoms with Crippen molar-refractivity contribution >= 4 is 11.1 Å². The molecular weight excluding hydrogens is 468 g/mol. The van der Waals surface area contributed by atoms with Crippen LogP contribution in [0.1, 0.15) is 11.1 Å². The van der Waals surface area contributed by atoms with Crippen LogP contribution < -0.4 is 0 Å². The number of hydrogen-bond donors (Lipinski definition) is 0. The molecule has 0 amide bonds. The van der Waals surface area contributed by atoms with Crippen LogP contribution in [-0.2, 0) is 12.4 Å². The highest BCUT2D eigenvalue weighted by molar-refractivity contribution is 5.77. The van der Waals surface area contributed by atoms with Gasteiger partial charge in [0.1, 0.15) is 5.52 Å². The Hall–Kier alpha value is -4.07. The summed E-state index contributed by atoms with van der Waals surface area (Å²) >= 11 is 0. The number of para-hydroxylation sites is 2. The van der Waals surface area contributed by atoms with Crippen molar-refractivity contribution in [1.82, 2.24) is 4.98 Å². The van der Waals surface area contributed by atoms with Crippen molar-refractivity contribution in [1.29, 1.82) is 0 Å². The van der Waals surface area contributed by atoms with E-state index in [9.17, 15) is 26.3 Å². The minimum atomic E-state index is -4.90. The van der Waals surface area contributed by atoms with Crippen molar-refractivity contribution in [3.05, 3.63) is 102 Å². The van der Waals surface area contributed by atoms with Crippen LogP contribution in [0.4, 0.5) is 26.3 Å². The van der Waals surface area contributed by atoms with E-state index in [-0.39, 0.29) is 17.2 Å². The van der Waals surface area contributed by atoms with Gasteiger partial charge in [-0.1, -0.05) is 48.5 Å². The summed E-state index contributed by atoms with van der Waals surface area (Å²) in [6.45, 7) is 0. The Kier molecular flexibility index (Phi) is 5.39. The number of halogens is 6. The highest BCUT2D eigenvalue weighted by Gasteiger charge is 2.37. The summed E-state index contributed by atoms with van der Waals surface area (Å²) in [5, 5.41) is 0. The Balaban J connectivity index is 1.44. The second-order valence-corrected chi connectivity index (χ2v) is 7.94. The zero-order valence-electron chi connectivity index (χ0n) is 17.8. The van der Waals surface area contributed by atoms with Gasteiger partial charge in [-0.25, -0.2) is 4.98 Å². The molecule has 0 atom stereocenters. The van der Waals surface area contributed by atoms with Crippen LogP contribution in [0.3, 0.4) is 0 Å². The van der Waals surface area contributed by atoms with Gasteiger partial charge in [-0.2, -0.15) is 26.3 Å². The van der Waals surface area contributed by atoms with Crippen LogP contribution in [0.2, 0.25) is 0 Å². The largest absolute Gasteiger partial charge is 0.436 e. The summed E-state index contributed by atoms with van der Waals surface area (Å²) in [5.41, 5.74) is 1.14. The highest BCUT2D eigenvalue weighted by atomic mass is 19.4. The average molecular weight is 483 g/mol. The van der Waals surface area contributed by atoms with E-state index in [2.05, 4.69) is 4.98 Å². The van der Waals surface area contributed by atoms with Crippen molar-refractivity contribution in [2.45, 2.75) is 12.4 Å². The predicted octanol–water partition coefficient (Wildman–Crippen LogP) is 8.87. The molecule has 35 heavy (non-hydrogen) atoms. The van der Waals surface area contributed by atoms with Crippen molar-refractivity contribution in [3.8, 4) is 33.7 Å². The Labute approximate surface area is 195 Å². The van der Waals surface area contributed by atoms with Crippen LogP contribution in [0, 0.1) is 0 Å². The molecule has 5 aromatic rings.